The molecule has 1 nitrogen and oxygen atoms in total. The van der Waals surface area contributed by atoms with Crippen molar-refractivity contribution in [3.63, 3.8) is 0 Å². The van der Waals surface area contributed by atoms with Gasteiger partial charge in [-0.15, -0.1) is 0 Å². The molecule has 1 N–H and O–H groups in total. The smallest absolute Gasteiger partial charge is 0.110 e. The third kappa shape index (κ3) is 1.88. The first-order valence-electron chi connectivity index (χ1n) is 2.75. The molecule has 0 radical (unpaired) electrons. The molecule has 1 aliphatic rings. The summed E-state index contributed by atoms with van der Waals surface area (Å²) in [5.41, 5.74) is -0.108. The Kier molecular flexibility index (Phi) is 2.53. The highest BCUT2D eigenvalue weighted by Gasteiger charge is 2.16. The van der Waals surface area contributed by atoms with Crippen LogP contribution in [0.5, 0.6) is 0 Å². The Bertz CT molecular complexity index is 68.8. The van der Waals surface area contributed by atoms with Gasteiger partial charge in [-0.05, 0) is 12.3 Å². The minimum absolute atomic E-state index is 0.108. The second-order valence-corrected chi connectivity index (χ2v) is 4.77. The average molecular weight is 150 g/mol. The van der Waals surface area contributed by atoms with Crippen molar-refractivity contribution in [2.45, 2.75) is 18.8 Å². The van der Waals surface area contributed by atoms with Crippen molar-refractivity contribution in [2.75, 3.05) is 5.75 Å². The summed E-state index contributed by atoms with van der Waals surface area (Å²) in [6.45, 7) is 2.18. The van der Waals surface area contributed by atoms with Crippen LogP contribution in [0, 0.1) is 5.92 Å². The zero-order valence-corrected chi connectivity index (χ0v) is 6.47. The summed E-state index contributed by atoms with van der Waals surface area (Å²) in [6, 6.07) is 0. The first kappa shape index (κ1) is 6.78. The maximum absolute atomic E-state index is 9.02. The van der Waals surface area contributed by atoms with Crippen LogP contribution < -0.4 is 0 Å². The molecule has 1 heterocycles. The van der Waals surface area contributed by atoms with Crippen LogP contribution in [0.4, 0.5) is 0 Å². The largest absolute Gasteiger partial charge is 0.382 e. The molecule has 48 valence electrons. The van der Waals surface area contributed by atoms with E-state index in [4.69, 9.17) is 5.11 Å². The van der Waals surface area contributed by atoms with E-state index >= 15 is 0 Å². The van der Waals surface area contributed by atoms with Gasteiger partial charge in [-0.25, -0.2) is 0 Å². The van der Waals surface area contributed by atoms with Crippen molar-refractivity contribution in [3.05, 3.63) is 0 Å². The summed E-state index contributed by atoms with van der Waals surface area (Å²) < 4.78 is 0. The van der Waals surface area contributed by atoms with Crippen molar-refractivity contribution < 1.29 is 5.11 Å². The summed E-state index contributed by atoms with van der Waals surface area (Å²) in [7, 11) is 3.37. The predicted octanol–water partition coefficient (Wildman–Crippen LogP) is 1.73. The maximum Gasteiger partial charge on any atom is 0.110 e. The lowest BCUT2D eigenvalue weighted by atomic mass is 10.1. The van der Waals surface area contributed by atoms with E-state index in [2.05, 4.69) is 6.92 Å². The fraction of sp³-hybridized carbons (Fsp3) is 1.00. The van der Waals surface area contributed by atoms with E-state index in [9.17, 15) is 0 Å². The van der Waals surface area contributed by atoms with E-state index in [1.165, 1.54) is 5.75 Å². The van der Waals surface area contributed by atoms with Crippen molar-refractivity contribution in [3.8, 4) is 0 Å². The Labute approximate surface area is 57.6 Å². The molecule has 3 heteroatoms. The van der Waals surface area contributed by atoms with Crippen LogP contribution >= 0.6 is 21.6 Å². The van der Waals surface area contributed by atoms with Gasteiger partial charge in [-0.3, -0.25) is 0 Å². The van der Waals surface area contributed by atoms with Gasteiger partial charge < -0.3 is 5.11 Å². The molecule has 1 rings (SSSR count). The first-order valence-corrected chi connectivity index (χ1v) is 5.13. The third-order valence-electron chi connectivity index (χ3n) is 1.14. The summed E-state index contributed by atoms with van der Waals surface area (Å²) in [5.74, 6) is 1.90. The molecule has 0 aliphatic carbocycles. The molecular formula is C5H10OS2. The number of rotatable bonds is 0. The predicted molar refractivity (Wildman–Crippen MR) is 39.8 cm³/mol. The molecule has 0 bridgehead atoms. The van der Waals surface area contributed by atoms with Gasteiger partial charge in [0.05, 0.1) is 0 Å². The number of hydrogen-bond donors (Lipinski definition) is 1. The van der Waals surface area contributed by atoms with Gasteiger partial charge in [0.2, 0.25) is 0 Å². The Balaban J connectivity index is 2.23. The average Bonchev–Trinajstić information content (AvgIpc) is 1.64. The van der Waals surface area contributed by atoms with Crippen LogP contribution in [0.3, 0.4) is 0 Å². The maximum atomic E-state index is 9.02. The zero-order chi connectivity index (χ0) is 5.98. The van der Waals surface area contributed by atoms with Gasteiger partial charge in [0.15, 0.2) is 0 Å². The first-order chi connectivity index (χ1) is 3.79. The van der Waals surface area contributed by atoms with Crippen molar-refractivity contribution in [2.24, 2.45) is 5.92 Å². The monoisotopic (exact) mass is 150 g/mol. The number of aliphatic hydroxyl groups is 1. The standard InChI is InChI=1S/C5H10OS2/c1-4-2-5(6)8-7-3-4/h4-6H,2-3H2,1H3. The van der Waals surface area contributed by atoms with Gasteiger partial charge in [0.1, 0.15) is 5.44 Å². The van der Waals surface area contributed by atoms with E-state index in [0.717, 1.165) is 6.42 Å². The zero-order valence-electron chi connectivity index (χ0n) is 4.83. The van der Waals surface area contributed by atoms with Crippen LogP contribution in [0.25, 0.3) is 0 Å². The summed E-state index contributed by atoms with van der Waals surface area (Å²) in [4.78, 5) is 0. The molecule has 0 aromatic heterocycles. The Morgan fingerprint density at radius 1 is 1.62 bits per heavy atom. The third-order valence-corrected chi connectivity index (χ3v) is 3.87. The summed E-state index contributed by atoms with van der Waals surface area (Å²) >= 11 is 0. The van der Waals surface area contributed by atoms with Crippen LogP contribution in [0.2, 0.25) is 0 Å². The fourth-order valence-electron chi connectivity index (χ4n) is 0.686. The highest BCUT2D eigenvalue weighted by molar-refractivity contribution is 8.76. The Morgan fingerprint density at radius 3 is 2.75 bits per heavy atom. The number of aliphatic hydroxyl groups excluding tert-OH is 1. The summed E-state index contributed by atoms with van der Waals surface area (Å²) in [5, 5.41) is 9.02. The van der Waals surface area contributed by atoms with Crippen LogP contribution in [-0.4, -0.2) is 16.3 Å². The van der Waals surface area contributed by atoms with Crippen LogP contribution in [0.15, 0.2) is 0 Å². The lowest BCUT2D eigenvalue weighted by molar-refractivity contribution is 0.234. The minimum Gasteiger partial charge on any atom is -0.382 e. The molecule has 1 fully saturated rings. The van der Waals surface area contributed by atoms with Crippen molar-refractivity contribution >= 4 is 21.6 Å². The molecule has 0 saturated carbocycles. The SMILES string of the molecule is CC1CSSC(O)C1. The molecule has 1 aliphatic heterocycles. The van der Waals surface area contributed by atoms with Crippen molar-refractivity contribution in [1.29, 1.82) is 0 Å². The quantitative estimate of drug-likeness (QED) is 0.531. The summed E-state index contributed by atoms with van der Waals surface area (Å²) in [6.07, 6.45) is 0.970. The highest BCUT2D eigenvalue weighted by atomic mass is 33.1. The molecule has 2 atom stereocenters. The minimum atomic E-state index is -0.108. The normalized spacial score (nSPS) is 39.8. The second kappa shape index (κ2) is 2.99. The second-order valence-electron chi connectivity index (χ2n) is 2.18. The van der Waals surface area contributed by atoms with Gasteiger partial charge in [-0.1, -0.05) is 28.5 Å². The topological polar surface area (TPSA) is 20.2 Å². The molecule has 0 aromatic rings. The molecule has 0 aromatic carbocycles. The van der Waals surface area contributed by atoms with Crippen LogP contribution in [-0.2, 0) is 0 Å². The van der Waals surface area contributed by atoms with Crippen molar-refractivity contribution in [1.82, 2.24) is 0 Å². The molecule has 0 amide bonds. The molecule has 0 spiro atoms. The Hall–Kier alpha value is 0.660. The van der Waals surface area contributed by atoms with E-state index in [1.54, 1.807) is 21.6 Å². The van der Waals surface area contributed by atoms with Gasteiger partial charge >= 0.3 is 0 Å². The van der Waals surface area contributed by atoms with Gasteiger partial charge in [0.25, 0.3) is 0 Å². The highest BCUT2D eigenvalue weighted by Crippen LogP contribution is 2.36. The van der Waals surface area contributed by atoms with E-state index in [-0.39, 0.29) is 5.44 Å². The lowest BCUT2D eigenvalue weighted by Gasteiger charge is -2.20. The molecule has 8 heavy (non-hydrogen) atoms. The fourth-order valence-corrected chi connectivity index (χ4v) is 3.34. The van der Waals surface area contributed by atoms with Crippen LogP contribution in [0.1, 0.15) is 13.3 Å². The van der Waals surface area contributed by atoms with E-state index in [0.29, 0.717) is 5.92 Å². The van der Waals surface area contributed by atoms with Gasteiger partial charge in [0, 0.05) is 5.75 Å². The lowest BCUT2D eigenvalue weighted by Crippen LogP contribution is -2.12. The van der Waals surface area contributed by atoms with E-state index < -0.39 is 0 Å². The van der Waals surface area contributed by atoms with E-state index in [1.807, 2.05) is 0 Å². The van der Waals surface area contributed by atoms with Gasteiger partial charge in [-0.2, -0.15) is 0 Å². The molecule has 2 unspecified atom stereocenters. The Morgan fingerprint density at radius 2 is 2.38 bits per heavy atom. The molecule has 1 saturated heterocycles. The molecular weight excluding hydrogens is 140 g/mol. The number of hydrogen-bond acceptors (Lipinski definition) is 3.